The van der Waals surface area contributed by atoms with Gasteiger partial charge < -0.3 is 11.1 Å². The molecular weight excluding hydrogens is 463 g/mol. The third kappa shape index (κ3) is 4.30. The molecule has 5 N–H and O–H groups in total. The summed E-state index contributed by atoms with van der Waals surface area (Å²) in [5, 5.41) is 4.48. The van der Waals surface area contributed by atoms with Gasteiger partial charge in [-0.2, -0.15) is 4.98 Å². The number of benzene rings is 1. The lowest BCUT2D eigenvalue weighted by molar-refractivity contribution is -0.379. The van der Waals surface area contributed by atoms with Crippen LogP contribution in [0, 0.1) is 34.4 Å². The number of rotatable bonds is 8. The first-order chi connectivity index (χ1) is 15.2. The third-order valence-electron chi connectivity index (χ3n) is 6.29. The van der Waals surface area contributed by atoms with Gasteiger partial charge in [0, 0.05) is 34.8 Å². The van der Waals surface area contributed by atoms with Crippen molar-refractivity contribution in [1.29, 1.82) is 0 Å². The van der Waals surface area contributed by atoms with Crippen molar-refractivity contribution in [1.82, 2.24) is 14.7 Å². The summed E-state index contributed by atoms with van der Waals surface area (Å²) in [6.07, 6.45) is 2.18. The highest BCUT2D eigenvalue weighted by Gasteiger charge is 2.55. The quantitative estimate of drug-likeness (QED) is 0.392. The maximum absolute atomic E-state index is 14.2. The Morgan fingerprint density at radius 1 is 1.34 bits per heavy atom. The molecular formula is C19H21ClFN6O4S+. The summed E-state index contributed by atoms with van der Waals surface area (Å²) in [6.45, 7) is 0.120. The minimum absolute atomic E-state index is 0.0381. The lowest BCUT2D eigenvalue weighted by atomic mass is 9.78. The molecule has 0 aliphatic heterocycles. The van der Waals surface area contributed by atoms with Gasteiger partial charge in [-0.1, -0.05) is 6.07 Å². The van der Waals surface area contributed by atoms with Crippen LogP contribution in [0.4, 0.5) is 15.9 Å². The molecule has 5 atom stereocenters. The van der Waals surface area contributed by atoms with Gasteiger partial charge in [-0.3, -0.25) is 4.79 Å². The van der Waals surface area contributed by atoms with E-state index >= 15 is 0 Å². The van der Waals surface area contributed by atoms with E-state index < -0.39 is 33.7 Å². The van der Waals surface area contributed by atoms with E-state index in [1.807, 2.05) is 0 Å². The van der Waals surface area contributed by atoms with Crippen LogP contribution in [0.5, 0.6) is 0 Å². The number of fused-ring (bicyclic) bond motifs is 2. The first-order valence-electron chi connectivity index (χ1n) is 9.91. The molecule has 4 rings (SSSR count). The predicted molar refractivity (Wildman–Crippen MR) is 112 cm³/mol. The molecule has 2 saturated carbocycles. The fraction of sp³-hybridized carbons (Fsp3) is 0.421. The maximum Gasteiger partial charge on any atom is 0.254 e. The van der Waals surface area contributed by atoms with E-state index in [9.17, 15) is 22.5 Å². The second-order valence-corrected chi connectivity index (χ2v) is 10.2. The third-order valence-corrected chi connectivity index (χ3v) is 7.89. The van der Waals surface area contributed by atoms with Gasteiger partial charge in [0.2, 0.25) is 21.2 Å². The molecule has 1 aromatic carbocycles. The van der Waals surface area contributed by atoms with Crippen LogP contribution < -0.4 is 20.9 Å². The van der Waals surface area contributed by atoms with Crippen LogP contribution in [0.1, 0.15) is 12.8 Å². The number of hydrogen-bond donors (Lipinski definition) is 4. The fourth-order valence-corrected chi connectivity index (χ4v) is 6.24. The lowest BCUT2D eigenvalue weighted by Crippen LogP contribution is -2.55. The number of nitrogens with two attached hydrogens (primary N) is 1. The summed E-state index contributed by atoms with van der Waals surface area (Å²) in [5.74, 6) is -2.19. The number of primary amides is 1. The molecule has 2 bridgehead atoms. The van der Waals surface area contributed by atoms with Crippen molar-refractivity contribution in [2.75, 3.05) is 11.9 Å². The monoisotopic (exact) mass is 483 g/mol. The number of carbonyl (C=O) groups excluding carboxylic acids is 1. The highest BCUT2D eigenvalue weighted by atomic mass is 35.5. The summed E-state index contributed by atoms with van der Waals surface area (Å²) in [5.41, 5.74) is 5.75. The zero-order valence-electron chi connectivity index (χ0n) is 16.7. The first kappa shape index (κ1) is 22.5. The Kier molecular flexibility index (Phi) is 6.10. The molecule has 170 valence electrons. The highest BCUT2D eigenvalue weighted by Crippen LogP contribution is 2.52. The van der Waals surface area contributed by atoms with Crippen LogP contribution >= 0.6 is 11.6 Å². The summed E-state index contributed by atoms with van der Waals surface area (Å²) in [6, 6.07) is 5.03. The van der Waals surface area contributed by atoms with Gasteiger partial charge in [-0.25, -0.2) is 22.5 Å². The van der Waals surface area contributed by atoms with Gasteiger partial charge in [0.15, 0.2) is 11.6 Å². The summed E-state index contributed by atoms with van der Waals surface area (Å²) in [4.78, 5) is 30.3. The predicted octanol–water partition coefficient (Wildman–Crippen LogP) is 0.264. The second-order valence-electron chi connectivity index (χ2n) is 8.07. The van der Waals surface area contributed by atoms with Gasteiger partial charge in [0.25, 0.3) is 5.69 Å². The number of halogens is 2. The number of carbonyl (C=O) groups is 1. The standard InChI is InChI=1S/C19H20ClFN6O4S/c20-19-23-8-14(21)18(26-19)25-16-13-5-9(15(16)17(22)28)4-10(13)7-24-32(30,31)12-3-1-2-11(6-12)27-29/h1-3,6,8-10,13,15-16,24H,4-5,7H2,(H2,22,28)(H,23,25,26)/p+1/t9-,10-,13+,15-,16+/m0/s1. The van der Waals surface area contributed by atoms with E-state index in [4.69, 9.17) is 17.3 Å². The first-order valence-corrected chi connectivity index (χ1v) is 11.8. The van der Waals surface area contributed by atoms with Crippen molar-refractivity contribution < 1.29 is 22.8 Å². The van der Waals surface area contributed by atoms with Crippen molar-refractivity contribution in [3.8, 4) is 0 Å². The van der Waals surface area contributed by atoms with E-state index in [2.05, 4.69) is 20.0 Å². The van der Waals surface area contributed by atoms with E-state index in [0.29, 0.717) is 12.8 Å². The maximum atomic E-state index is 14.2. The molecule has 2 fully saturated rings. The highest BCUT2D eigenvalue weighted by molar-refractivity contribution is 7.89. The molecule has 1 heterocycles. The molecule has 2 aliphatic rings. The molecule has 0 saturated heterocycles. The normalized spacial score (nSPS) is 26.8. The Bertz CT molecular complexity index is 1170. The van der Waals surface area contributed by atoms with E-state index in [1.54, 1.807) is 5.18 Å². The number of nitrogens with one attached hydrogen (secondary N) is 3. The molecule has 1 aromatic heterocycles. The Labute approximate surface area is 188 Å². The van der Waals surface area contributed by atoms with Gasteiger partial charge in [-0.15, -0.1) is 0 Å². The Hall–Kier alpha value is -2.70. The average Bonchev–Trinajstić information content (AvgIpc) is 3.33. The minimum Gasteiger partial charge on any atom is -0.369 e. The number of hydrogen-bond acceptors (Lipinski definition) is 7. The minimum atomic E-state index is -3.85. The molecule has 1 amide bonds. The topological polar surface area (TPSA) is 158 Å². The van der Waals surface area contributed by atoms with Crippen LogP contribution in [0.25, 0.3) is 0 Å². The number of nitrogens with zero attached hydrogens (tertiary/aromatic N) is 2. The van der Waals surface area contributed by atoms with Crippen molar-refractivity contribution in [2.45, 2.75) is 23.8 Å². The van der Waals surface area contributed by atoms with Gasteiger partial charge in [0.1, 0.15) is 0 Å². The average molecular weight is 484 g/mol. The van der Waals surface area contributed by atoms with Crippen molar-refractivity contribution >= 4 is 39.0 Å². The molecule has 0 radical (unpaired) electrons. The van der Waals surface area contributed by atoms with Crippen LogP contribution in [0.2, 0.25) is 5.28 Å². The molecule has 13 heteroatoms. The molecule has 2 aliphatic carbocycles. The molecule has 32 heavy (non-hydrogen) atoms. The van der Waals surface area contributed by atoms with E-state index in [-0.39, 0.29) is 46.0 Å². The summed E-state index contributed by atoms with van der Waals surface area (Å²) in [7, 11) is -3.85. The SMILES string of the molecule is NC(=O)[C@H]1[C@H]2C[C@@H](CNS(=O)(=O)c3cccc([NH+]=O)c3)[C@@H](C2)[C@H]1Nc1nc(Cl)ncc1F. The zero-order valence-corrected chi connectivity index (χ0v) is 18.2. The number of amides is 1. The summed E-state index contributed by atoms with van der Waals surface area (Å²) < 4.78 is 42.1. The zero-order chi connectivity index (χ0) is 23.0. The van der Waals surface area contributed by atoms with Gasteiger partial charge in [0.05, 0.1) is 17.0 Å². The molecule has 0 unspecified atom stereocenters. The number of nitroso groups, excluding NO2 is 1. The van der Waals surface area contributed by atoms with Gasteiger partial charge >= 0.3 is 0 Å². The van der Waals surface area contributed by atoms with Crippen LogP contribution in [-0.4, -0.2) is 36.9 Å². The van der Waals surface area contributed by atoms with Crippen LogP contribution in [0.3, 0.4) is 0 Å². The van der Waals surface area contributed by atoms with E-state index in [0.717, 1.165) is 6.20 Å². The Balaban J connectivity index is 1.51. The number of anilines is 1. The van der Waals surface area contributed by atoms with E-state index in [1.165, 1.54) is 24.3 Å². The largest absolute Gasteiger partial charge is 0.369 e. The van der Waals surface area contributed by atoms with Crippen LogP contribution in [0.15, 0.2) is 35.4 Å². The fourth-order valence-electron chi connectivity index (χ4n) is 4.97. The molecule has 2 aromatic rings. The Morgan fingerprint density at radius 3 is 2.84 bits per heavy atom. The Morgan fingerprint density at radius 2 is 2.12 bits per heavy atom. The van der Waals surface area contributed by atoms with Crippen LogP contribution in [-0.2, 0) is 14.8 Å². The smallest absolute Gasteiger partial charge is 0.254 e. The second kappa shape index (κ2) is 8.68. The molecule has 0 spiro atoms. The van der Waals surface area contributed by atoms with Crippen molar-refractivity contribution in [3.63, 3.8) is 0 Å². The van der Waals surface area contributed by atoms with Crippen molar-refractivity contribution in [3.05, 3.63) is 46.5 Å². The van der Waals surface area contributed by atoms with Gasteiger partial charge in [-0.05, 0) is 48.3 Å². The number of aromatic nitrogens is 2. The lowest BCUT2D eigenvalue weighted by Gasteiger charge is -2.35. The summed E-state index contributed by atoms with van der Waals surface area (Å²) >= 11 is 5.77. The number of sulfonamides is 1. The molecule has 10 nitrogen and oxygen atoms in total. The van der Waals surface area contributed by atoms with Crippen molar-refractivity contribution in [2.24, 2.45) is 29.4 Å².